The zero-order valence-corrected chi connectivity index (χ0v) is 12.2. The van der Waals surface area contributed by atoms with E-state index in [4.69, 9.17) is 10.5 Å². The molecule has 0 aromatic heterocycles. The van der Waals surface area contributed by atoms with Crippen LogP contribution in [-0.2, 0) is 14.3 Å². The Hall–Kier alpha value is -1.10. The highest BCUT2D eigenvalue weighted by atomic mass is 16.5. The number of piperidine rings is 1. The van der Waals surface area contributed by atoms with E-state index in [1.54, 1.807) is 11.8 Å². The average Bonchev–Trinajstić information content (AvgIpc) is 2.45. The van der Waals surface area contributed by atoms with Gasteiger partial charge in [-0.2, -0.15) is 0 Å². The lowest BCUT2D eigenvalue weighted by Gasteiger charge is -2.34. The fraction of sp³-hybridized carbons (Fsp3) is 0.857. The van der Waals surface area contributed by atoms with Crippen LogP contribution in [-0.4, -0.2) is 42.5 Å². The Bertz CT molecular complexity index is 320. The molecule has 1 heterocycles. The van der Waals surface area contributed by atoms with E-state index in [1.807, 2.05) is 13.8 Å². The number of nitrogens with two attached hydrogens (primary N) is 1. The summed E-state index contributed by atoms with van der Waals surface area (Å²) in [6, 6.07) is -0.467. The Morgan fingerprint density at radius 1 is 1.42 bits per heavy atom. The summed E-state index contributed by atoms with van der Waals surface area (Å²) in [5.74, 6) is -0.266. The van der Waals surface area contributed by atoms with Gasteiger partial charge in [0.2, 0.25) is 5.91 Å². The minimum Gasteiger partial charge on any atom is -0.466 e. The highest BCUT2D eigenvalue weighted by Gasteiger charge is 2.32. The minimum absolute atomic E-state index is 0.0386. The second-order valence-corrected chi connectivity index (χ2v) is 5.29. The predicted octanol–water partition coefficient (Wildman–Crippen LogP) is 1.16. The van der Waals surface area contributed by atoms with Crippen molar-refractivity contribution in [1.29, 1.82) is 0 Å². The summed E-state index contributed by atoms with van der Waals surface area (Å²) in [5, 5.41) is 0. The lowest BCUT2D eigenvalue weighted by molar-refractivity contribution is -0.151. The Kier molecular flexibility index (Phi) is 6.28. The quantitative estimate of drug-likeness (QED) is 0.761. The number of esters is 1. The van der Waals surface area contributed by atoms with E-state index < -0.39 is 6.04 Å². The first-order valence-electron chi connectivity index (χ1n) is 7.22. The lowest BCUT2D eigenvalue weighted by Crippen LogP contribution is -2.51. The van der Waals surface area contributed by atoms with Crippen molar-refractivity contribution in [3.8, 4) is 0 Å². The van der Waals surface area contributed by atoms with Gasteiger partial charge in [-0.15, -0.1) is 0 Å². The molecule has 0 radical (unpaired) electrons. The van der Waals surface area contributed by atoms with Gasteiger partial charge in [0.15, 0.2) is 0 Å². The molecule has 0 aliphatic carbocycles. The molecule has 1 aliphatic heterocycles. The summed E-state index contributed by atoms with van der Waals surface area (Å²) < 4.78 is 5.03. The highest BCUT2D eigenvalue weighted by Crippen LogP contribution is 2.20. The smallest absolute Gasteiger partial charge is 0.310 e. The van der Waals surface area contributed by atoms with Crippen LogP contribution in [0.5, 0.6) is 0 Å². The van der Waals surface area contributed by atoms with Crippen LogP contribution < -0.4 is 5.73 Å². The van der Waals surface area contributed by atoms with Crippen LogP contribution in [0.15, 0.2) is 0 Å². The van der Waals surface area contributed by atoms with Gasteiger partial charge in [-0.3, -0.25) is 9.59 Å². The third kappa shape index (κ3) is 4.20. The van der Waals surface area contributed by atoms with Crippen molar-refractivity contribution in [2.24, 2.45) is 17.6 Å². The molecular weight excluding hydrogens is 244 g/mol. The summed E-state index contributed by atoms with van der Waals surface area (Å²) in [5.41, 5.74) is 5.97. The molecule has 1 saturated heterocycles. The molecule has 2 unspecified atom stereocenters. The fourth-order valence-electron chi connectivity index (χ4n) is 2.34. The monoisotopic (exact) mass is 270 g/mol. The zero-order valence-electron chi connectivity index (χ0n) is 12.2. The first-order chi connectivity index (χ1) is 9.01. The molecule has 0 aromatic rings. The van der Waals surface area contributed by atoms with Gasteiger partial charge in [-0.1, -0.05) is 20.3 Å². The number of hydrogen-bond donors (Lipinski definition) is 1. The fourth-order valence-corrected chi connectivity index (χ4v) is 2.34. The summed E-state index contributed by atoms with van der Waals surface area (Å²) >= 11 is 0. The molecule has 0 spiro atoms. The third-order valence-corrected chi connectivity index (χ3v) is 3.90. The van der Waals surface area contributed by atoms with E-state index in [1.165, 1.54) is 0 Å². The number of hydrogen-bond acceptors (Lipinski definition) is 4. The molecule has 3 atom stereocenters. The largest absolute Gasteiger partial charge is 0.466 e. The molecule has 1 fully saturated rings. The van der Waals surface area contributed by atoms with Crippen LogP contribution in [0, 0.1) is 11.8 Å². The number of carbonyl (C=O) groups excluding carboxylic acids is 2. The van der Waals surface area contributed by atoms with Crippen LogP contribution >= 0.6 is 0 Å². The lowest BCUT2D eigenvalue weighted by atomic mass is 9.94. The van der Waals surface area contributed by atoms with E-state index in [9.17, 15) is 9.59 Å². The molecule has 1 amide bonds. The molecule has 0 aromatic carbocycles. The van der Waals surface area contributed by atoms with Crippen molar-refractivity contribution < 1.29 is 14.3 Å². The first kappa shape index (κ1) is 16.0. The average molecular weight is 270 g/mol. The van der Waals surface area contributed by atoms with Crippen molar-refractivity contribution in [2.45, 2.75) is 46.1 Å². The van der Waals surface area contributed by atoms with E-state index in [2.05, 4.69) is 0 Å². The second-order valence-electron chi connectivity index (χ2n) is 5.29. The summed E-state index contributed by atoms with van der Waals surface area (Å²) in [6.45, 7) is 7.32. The number of nitrogens with zero attached hydrogens (tertiary/aromatic N) is 1. The standard InChI is InChI=1S/C14H26N2O3/c1-4-10(3)12(15)13(17)16-8-6-7-11(9-16)14(18)19-5-2/h10-12H,4-9,15H2,1-3H3/t10?,11?,12-/m0/s1. The van der Waals surface area contributed by atoms with Gasteiger partial charge in [0.25, 0.3) is 0 Å². The molecule has 5 heteroatoms. The summed E-state index contributed by atoms with van der Waals surface area (Å²) in [4.78, 5) is 25.7. The van der Waals surface area contributed by atoms with Crippen LogP contribution in [0.4, 0.5) is 0 Å². The Morgan fingerprint density at radius 3 is 2.68 bits per heavy atom. The van der Waals surface area contributed by atoms with E-state index in [0.29, 0.717) is 19.7 Å². The number of carbonyl (C=O) groups is 2. The topological polar surface area (TPSA) is 72.6 Å². The van der Waals surface area contributed by atoms with Crippen LogP contribution in [0.3, 0.4) is 0 Å². The van der Waals surface area contributed by atoms with Crippen molar-refractivity contribution in [1.82, 2.24) is 4.90 Å². The first-order valence-corrected chi connectivity index (χ1v) is 7.22. The second kappa shape index (κ2) is 7.48. The van der Waals surface area contributed by atoms with Crippen molar-refractivity contribution >= 4 is 11.9 Å². The molecule has 1 aliphatic rings. The van der Waals surface area contributed by atoms with Gasteiger partial charge in [-0.25, -0.2) is 0 Å². The van der Waals surface area contributed by atoms with Crippen molar-refractivity contribution in [2.75, 3.05) is 19.7 Å². The zero-order chi connectivity index (χ0) is 14.4. The van der Waals surface area contributed by atoms with E-state index in [0.717, 1.165) is 19.3 Å². The van der Waals surface area contributed by atoms with Gasteiger partial charge in [0.1, 0.15) is 0 Å². The van der Waals surface area contributed by atoms with Gasteiger partial charge in [0.05, 0.1) is 18.6 Å². The molecule has 19 heavy (non-hydrogen) atoms. The Morgan fingerprint density at radius 2 is 2.11 bits per heavy atom. The SMILES string of the molecule is CCOC(=O)C1CCCN(C(=O)[C@@H](N)C(C)CC)C1. The minimum atomic E-state index is -0.467. The Labute approximate surface area is 115 Å². The van der Waals surface area contributed by atoms with Gasteiger partial charge in [0, 0.05) is 13.1 Å². The number of ether oxygens (including phenoxy) is 1. The van der Waals surface area contributed by atoms with Gasteiger partial charge < -0.3 is 15.4 Å². The molecule has 1 rings (SSSR count). The maximum Gasteiger partial charge on any atom is 0.310 e. The van der Waals surface area contributed by atoms with E-state index >= 15 is 0 Å². The molecule has 2 N–H and O–H groups in total. The molecule has 0 saturated carbocycles. The maximum absolute atomic E-state index is 12.3. The third-order valence-electron chi connectivity index (χ3n) is 3.90. The highest BCUT2D eigenvalue weighted by molar-refractivity contribution is 5.83. The van der Waals surface area contributed by atoms with Crippen LogP contribution in [0.1, 0.15) is 40.0 Å². The van der Waals surface area contributed by atoms with Crippen LogP contribution in [0.25, 0.3) is 0 Å². The number of rotatable bonds is 5. The normalized spacial score (nSPS) is 22.7. The summed E-state index contributed by atoms with van der Waals surface area (Å²) in [6.07, 6.45) is 2.51. The van der Waals surface area contributed by atoms with Crippen molar-refractivity contribution in [3.05, 3.63) is 0 Å². The molecule has 0 bridgehead atoms. The predicted molar refractivity (Wildman–Crippen MR) is 73.4 cm³/mol. The summed E-state index contributed by atoms with van der Waals surface area (Å²) in [7, 11) is 0. The number of likely N-dealkylation sites (tertiary alicyclic amines) is 1. The molecule has 5 nitrogen and oxygen atoms in total. The molecule has 110 valence electrons. The van der Waals surface area contributed by atoms with Crippen LogP contribution in [0.2, 0.25) is 0 Å². The van der Waals surface area contributed by atoms with Crippen molar-refractivity contribution in [3.63, 3.8) is 0 Å². The Balaban J connectivity index is 2.59. The maximum atomic E-state index is 12.3. The molecular formula is C14H26N2O3. The number of amides is 1. The van der Waals surface area contributed by atoms with Gasteiger partial charge in [-0.05, 0) is 25.7 Å². The van der Waals surface area contributed by atoms with E-state index in [-0.39, 0.29) is 23.7 Å². The van der Waals surface area contributed by atoms with Gasteiger partial charge >= 0.3 is 5.97 Å².